The summed E-state index contributed by atoms with van der Waals surface area (Å²) in [5, 5.41) is 4.90. The largest absolute Gasteiger partial charge is 0.496 e. The van der Waals surface area contributed by atoms with Crippen molar-refractivity contribution in [1.82, 2.24) is 10.3 Å². The first kappa shape index (κ1) is 17.5. The summed E-state index contributed by atoms with van der Waals surface area (Å²) in [5.74, 6) is 1.35. The maximum absolute atomic E-state index is 12.0. The highest BCUT2D eigenvalue weighted by molar-refractivity contribution is 5.89. The molecule has 6 heteroatoms. The van der Waals surface area contributed by atoms with Crippen LogP contribution in [0.15, 0.2) is 24.4 Å². The standard InChI is InChI=1S/C19H24N2O4/c1-5-13-15(21-18(22)17(13)24-4)10-25-19-14-9-16(23-3)11(2)8-12(14)6-7-20-19/h6-9,13,15,17H,5,10H2,1-4H3,(H,21,22)/t13?,15?,17-/m1/s1. The summed E-state index contributed by atoms with van der Waals surface area (Å²) in [7, 11) is 3.22. The summed E-state index contributed by atoms with van der Waals surface area (Å²) in [4.78, 5) is 16.4. The summed E-state index contributed by atoms with van der Waals surface area (Å²) < 4.78 is 16.7. The van der Waals surface area contributed by atoms with E-state index in [0.717, 1.165) is 28.5 Å². The molecule has 134 valence electrons. The second-order valence-corrected chi connectivity index (χ2v) is 6.31. The first-order valence-corrected chi connectivity index (χ1v) is 8.48. The molecule has 1 aliphatic rings. The minimum absolute atomic E-state index is 0.0777. The van der Waals surface area contributed by atoms with E-state index in [1.54, 1.807) is 20.4 Å². The summed E-state index contributed by atoms with van der Waals surface area (Å²) in [6.07, 6.45) is 2.15. The van der Waals surface area contributed by atoms with Crippen LogP contribution in [-0.2, 0) is 9.53 Å². The summed E-state index contributed by atoms with van der Waals surface area (Å²) in [6.45, 7) is 4.41. The van der Waals surface area contributed by atoms with Crippen molar-refractivity contribution in [2.75, 3.05) is 20.8 Å². The van der Waals surface area contributed by atoms with Crippen molar-refractivity contribution >= 4 is 16.7 Å². The molecular formula is C19H24N2O4. The zero-order valence-electron chi connectivity index (χ0n) is 15.0. The molecule has 1 saturated heterocycles. The number of rotatable bonds is 6. The lowest BCUT2D eigenvalue weighted by atomic mass is 9.96. The number of hydrogen-bond donors (Lipinski definition) is 1. The molecule has 0 aliphatic carbocycles. The summed E-state index contributed by atoms with van der Waals surface area (Å²) in [5.41, 5.74) is 1.06. The number of hydrogen-bond acceptors (Lipinski definition) is 5. The van der Waals surface area contributed by atoms with Gasteiger partial charge >= 0.3 is 0 Å². The fraction of sp³-hybridized carbons (Fsp3) is 0.474. The molecule has 1 amide bonds. The van der Waals surface area contributed by atoms with Gasteiger partial charge < -0.3 is 19.5 Å². The lowest BCUT2D eigenvalue weighted by molar-refractivity contribution is -0.128. The predicted molar refractivity (Wildman–Crippen MR) is 95.0 cm³/mol. The van der Waals surface area contributed by atoms with Crippen molar-refractivity contribution in [3.63, 3.8) is 0 Å². The maximum atomic E-state index is 12.0. The van der Waals surface area contributed by atoms with Gasteiger partial charge in [0.2, 0.25) is 11.8 Å². The van der Waals surface area contributed by atoms with Gasteiger partial charge in [0.05, 0.1) is 13.2 Å². The van der Waals surface area contributed by atoms with Crippen LogP contribution >= 0.6 is 0 Å². The molecule has 25 heavy (non-hydrogen) atoms. The van der Waals surface area contributed by atoms with Crippen molar-refractivity contribution in [1.29, 1.82) is 0 Å². The van der Waals surface area contributed by atoms with E-state index in [9.17, 15) is 4.79 Å². The Hall–Kier alpha value is -2.34. The SMILES string of the molecule is CCC1C(COc2nccc3cc(C)c(OC)cc23)NC(=O)[C@@H]1OC. The van der Waals surface area contributed by atoms with Gasteiger partial charge in [-0.15, -0.1) is 0 Å². The Morgan fingerprint density at radius 3 is 2.76 bits per heavy atom. The van der Waals surface area contributed by atoms with Gasteiger partial charge in [0.25, 0.3) is 0 Å². The fourth-order valence-electron chi connectivity index (χ4n) is 3.51. The molecule has 1 aromatic carbocycles. The van der Waals surface area contributed by atoms with Crippen molar-refractivity contribution in [3.8, 4) is 11.6 Å². The third kappa shape index (κ3) is 3.26. The molecule has 1 N–H and O–H groups in total. The lowest BCUT2D eigenvalue weighted by Gasteiger charge is -2.20. The minimum Gasteiger partial charge on any atom is -0.496 e. The van der Waals surface area contributed by atoms with Gasteiger partial charge in [-0.05, 0) is 42.5 Å². The molecule has 0 spiro atoms. The molecular weight excluding hydrogens is 320 g/mol. The molecule has 1 aromatic heterocycles. The molecule has 0 bridgehead atoms. The van der Waals surface area contributed by atoms with Crippen LogP contribution in [0.1, 0.15) is 18.9 Å². The van der Waals surface area contributed by atoms with E-state index >= 15 is 0 Å². The molecule has 3 atom stereocenters. The zero-order valence-corrected chi connectivity index (χ0v) is 15.0. The number of pyridine rings is 1. The number of carbonyl (C=O) groups is 1. The number of amides is 1. The first-order chi connectivity index (χ1) is 12.1. The van der Waals surface area contributed by atoms with Crippen molar-refractivity contribution in [3.05, 3.63) is 30.0 Å². The highest BCUT2D eigenvalue weighted by atomic mass is 16.5. The minimum atomic E-state index is -0.415. The van der Waals surface area contributed by atoms with Gasteiger partial charge in [-0.2, -0.15) is 0 Å². The Morgan fingerprint density at radius 2 is 2.08 bits per heavy atom. The molecule has 6 nitrogen and oxygen atoms in total. The van der Waals surface area contributed by atoms with E-state index in [4.69, 9.17) is 14.2 Å². The third-order valence-corrected chi connectivity index (χ3v) is 4.86. The van der Waals surface area contributed by atoms with Crippen LogP contribution in [-0.4, -0.2) is 43.9 Å². The van der Waals surface area contributed by atoms with Gasteiger partial charge in [-0.1, -0.05) is 6.92 Å². The molecule has 1 aliphatic heterocycles. The average Bonchev–Trinajstić information content (AvgIpc) is 2.93. The number of aryl methyl sites for hydroxylation is 1. The van der Waals surface area contributed by atoms with Crippen LogP contribution in [0.5, 0.6) is 11.6 Å². The number of ether oxygens (including phenoxy) is 3. The van der Waals surface area contributed by atoms with Gasteiger partial charge in [-0.25, -0.2) is 4.98 Å². The van der Waals surface area contributed by atoms with Gasteiger partial charge in [0.15, 0.2) is 0 Å². The summed E-state index contributed by atoms with van der Waals surface area (Å²) in [6, 6.07) is 5.85. The molecule has 0 saturated carbocycles. The molecule has 1 fully saturated rings. The van der Waals surface area contributed by atoms with Crippen LogP contribution in [0.2, 0.25) is 0 Å². The van der Waals surface area contributed by atoms with Crippen molar-refractivity contribution in [2.45, 2.75) is 32.4 Å². The predicted octanol–water partition coefficient (Wildman–Crippen LogP) is 2.47. The molecule has 3 rings (SSSR count). The van der Waals surface area contributed by atoms with Crippen LogP contribution in [0.25, 0.3) is 10.8 Å². The quantitative estimate of drug-likeness (QED) is 0.872. The first-order valence-electron chi connectivity index (χ1n) is 8.48. The Balaban J connectivity index is 1.83. The van der Waals surface area contributed by atoms with E-state index in [0.29, 0.717) is 12.5 Å². The number of nitrogens with zero attached hydrogens (tertiary/aromatic N) is 1. The van der Waals surface area contributed by atoms with Crippen molar-refractivity contribution in [2.24, 2.45) is 5.92 Å². The maximum Gasteiger partial charge on any atom is 0.249 e. The molecule has 0 radical (unpaired) electrons. The van der Waals surface area contributed by atoms with E-state index in [2.05, 4.69) is 16.4 Å². The number of carbonyl (C=O) groups excluding carboxylic acids is 1. The Morgan fingerprint density at radius 1 is 1.28 bits per heavy atom. The van der Waals surface area contributed by atoms with E-state index in [1.165, 1.54) is 0 Å². The fourth-order valence-corrected chi connectivity index (χ4v) is 3.51. The van der Waals surface area contributed by atoms with Crippen LogP contribution in [0.4, 0.5) is 0 Å². The number of nitrogens with one attached hydrogen (secondary N) is 1. The van der Waals surface area contributed by atoms with Gasteiger partial charge in [0, 0.05) is 24.6 Å². The molecule has 2 unspecified atom stereocenters. The highest BCUT2D eigenvalue weighted by Crippen LogP contribution is 2.31. The molecule has 2 aromatic rings. The number of methoxy groups -OCH3 is 2. The Labute approximate surface area is 147 Å². The van der Waals surface area contributed by atoms with Gasteiger partial charge in [0.1, 0.15) is 18.5 Å². The van der Waals surface area contributed by atoms with Crippen molar-refractivity contribution < 1.29 is 19.0 Å². The topological polar surface area (TPSA) is 69.7 Å². The Bertz CT molecular complexity index is 777. The van der Waals surface area contributed by atoms with E-state index in [-0.39, 0.29) is 17.9 Å². The molecule has 2 heterocycles. The normalized spacial score (nSPS) is 22.9. The van der Waals surface area contributed by atoms with E-state index < -0.39 is 6.10 Å². The van der Waals surface area contributed by atoms with Crippen LogP contribution in [0.3, 0.4) is 0 Å². The average molecular weight is 344 g/mol. The Kier molecular flexibility index (Phi) is 5.08. The highest BCUT2D eigenvalue weighted by Gasteiger charge is 2.41. The van der Waals surface area contributed by atoms with Gasteiger partial charge in [-0.3, -0.25) is 4.79 Å². The van der Waals surface area contributed by atoms with E-state index in [1.807, 2.05) is 26.0 Å². The zero-order chi connectivity index (χ0) is 18.0. The van der Waals surface area contributed by atoms with Crippen LogP contribution < -0.4 is 14.8 Å². The van der Waals surface area contributed by atoms with Crippen LogP contribution in [0, 0.1) is 12.8 Å². The number of fused-ring (bicyclic) bond motifs is 1. The second-order valence-electron chi connectivity index (χ2n) is 6.31. The smallest absolute Gasteiger partial charge is 0.249 e. The third-order valence-electron chi connectivity index (χ3n) is 4.86. The lowest BCUT2D eigenvalue weighted by Crippen LogP contribution is -2.35. The second kappa shape index (κ2) is 7.27. The number of benzene rings is 1. The number of aromatic nitrogens is 1. The monoisotopic (exact) mass is 344 g/mol. The summed E-state index contributed by atoms with van der Waals surface area (Å²) >= 11 is 0.